The van der Waals surface area contributed by atoms with Crippen LogP contribution in [0.5, 0.6) is 0 Å². The highest BCUT2D eigenvalue weighted by atomic mass is 16.3. The van der Waals surface area contributed by atoms with Crippen molar-refractivity contribution in [2.24, 2.45) is 0 Å². The molecule has 0 aromatic carbocycles. The number of nitrogens with one attached hydrogen (secondary N) is 1. The fraction of sp³-hybridized carbons (Fsp3) is 0.286. The molecule has 4 heterocycles. The molecular formula is C21H21N3O2. The van der Waals surface area contributed by atoms with Gasteiger partial charge in [-0.15, -0.1) is 0 Å². The molecule has 3 aromatic heterocycles. The second-order valence-corrected chi connectivity index (χ2v) is 7.08. The lowest BCUT2D eigenvalue weighted by molar-refractivity contribution is 0.0925. The second kappa shape index (κ2) is 6.41. The van der Waals surface area contributed by atoms with Gasteiger partial charge in [0.2, 0.25) is 0 Å². The maximum atomic E-state index is 12.1. The highest BCUT2D eigenvalue weighted by Gasteiger charge is 2.26. The van der Waals surface area contributed by atoms with Gasteiger partial charge < -0.3 is 9.73 Å². The Morgan fingerprint density at radius 2 is 2.00 bits per heavy atom. The van der Waals surface area contributed by atoms with Crippen LogP contribution in [0.1, 0.15) is 48.5 Å². The van der Waals surface area contributed by atoms with E-state index in [0.29, 0.717) is 23.7 Å². The van der Waals surface area contributed by atoms with Crippen LogP contribution in [0, 0.1) is 0 Å². The third kappa shape index (κ3) is 3.01. The molecule has 26 heavy (non-hydrogen) atoms. The number of fused-ring (bicyclic) bond motifs is 1. The second-order valence-electron chi connectivity index (χ2n) is 7.08. The van der Waals surface area contributed by atoms with Crippen LogP contribution in [0.3, 0.4) is 0 Å². The smallest absolute Gasteiger partial charge is 0.255 e. The lowest BCUT2D eigenvalue weighted by Crippen LogP contribution is -2.38. The zero-order valence-corrected chi connectivity index (χ0v) is 15.1. The van der Waals surface area contributed by atoms with Crippen molar-refractivity contribution in [3.05, 3.63) is 59.7 Å². The van der Waals surface area contributed by atoms with E-state index in [2.05, 4.69) is 29.1 Å². The van der Waals surface area contributed by atoms with Gasteiger partial charge in [0.05, 0.1) is 11.3 Å². The van der Waals surface area contributed by atoms with E-state index in [-0.39, 0.29) is 11.9 Å². The molecule has 1 amide bonds. The Kier molecular flexibility index (Phi) is 4.07. The summed E-state index contributed by atoms with van der Waals surface area (Å²) in [5, 5.41) is 2.93. The van der Waals surface area contributed by atoms with Crippen LogP contribution >= 0.6 is 0 Å². The summed E-state index contributed by atoms with van der Waals surface area (Å²) in [7, 11) is 0. The van der Waals surface area contributed by atoms with Gasteiger partial charge in [0.1, 0.15) is 11.5 Å². The molecule has 0 aliphatic carbocycles. The maximum absolute atomic E-state index is 12.1. The molecule has 0 radical (unpaired) electrons. The van der Waals surface area contributed by atoms with Gasteiger partial charge in [0, 0.05) is 41.7 Å². The van der Waals surface area contributed by atoms with E-state index in [1.807, 2.05) is 43.5 Å². The molecule has 1 unspecified atom stereocenters. The van der Waals surface area contributed by atoms with Gasteiger partial charge in [-0.2, -0.15) is 0 Å². The third-order valence-corrected chi connectivity index (χ3v) is 4.64. The van der Waals surface area contributed by atoms with Crippen molar-refractivity contribution >= 4 is 5.91 Å². The van der Waals surface area contributed by atoms with Gasteiger partial charge in [-0.25, -0.2) is 0 Å². The molecule has 5 nitrogen and oxygen atoms in total. The van der Waals surface area contributed by atoms with Crippen molar-refractivity contribution in [2.45, 2.75) is 39.2 Å². The number of amides is 1. The lowest BCUT2D eigenvalue weighted by Gasteiger charge is -2.17. The SMILES string of the molecule is CC1Cc2oc(-c3ccnc(-c4ccc(C(C)C)nc4)c3)cc2C(=O)N1. The van der Waals surface area contributed by atoms with Gasteiger partial charge in [0.25, 0.3) is 5.91 Å². The summed E-state index contributed by atoms with van der Waals surface area (Å²) in [4.78, 5) is 21.1. The summed E-state index contributed by atoms with van der Waals surface area (Å²) >= 11 is 0. The van der Waals surface area contributed by atoms with Gasteiger partial charge in [-0.3, -0.25) is 14.8 Å². The third-order valence-electron chi connectivity index (χ3n) is 4.64. The van der Waals surface area contributed by atoms with E-state index in [9.17, 15) is 4.79 Å². The van der Waals surface area contributed by atoms with Crippen LogP contribution in [0.2, 0.25) is 0 Å². The Hall–Kier alpha value is -2.95. The normalized spacial score (nSPS) is 16.5. The number of carbonyl (C=O) groups is 1. The van der Waals surface area contributed by atoms with E-state index < -0.39 is 0 Å². The fourth-order valence-corrected chi connectivity index (χ4v) is 3.19. The number of aromatic nitrogens is 2. The molecule has 1 aliphatic heterocycles. The van der Waals surface area contributed by atoms with Crippen molar-refractivity contribution in [3.63, 3.8) is 0 Å². The summed E-state index contributed by atoms with van der Waals surface area (Å²) in [6.07, 6.45) is 4.31. The first kappa shape index (κ1) is 16.5. The van der Waals surface area contributed by atoms with Crippen LogP contribution < -0.4 is 5.32 Å². The number of pyridine rings is 2. The molecule has 0 spiro atoms. The monoisotopic (exact) mass is 347 g/mol. The minimum Gasteiger partial charge on any atom is -0.460 e. The van der Waals surface area contributed by atoms with Crippen LogP contribution in [0.25, 0.3) is 22.6 Å². The van der Waals surface area contributed by atoms with Crippen molar-refractivity contribution in [3.8, 4) is 22.6 Å². The summed E-state index contributed by atoms with van der Waals surface area (Å²) in [6.45, 7) is 6.22. The van der Waals surface area contributed by atoms with E-state index in [0.717, 1.165) is 28.3 Å². The number of rotatable bonds is 3. The number of carbonyl (C=O) groups excluding carboxylic acids is 1. The Bertz CT molecular complexity index is 958. The van der Waals surface area contributed by atoms with Gasteiger partial charge in [-0.05, 0) is 43.2 Å². The van der Waals surface area contributed by atoms with Crippen LogP contribution in [-0.4, -0.2) is 21.9 Å². The summed E-state index contributed by atoms with van der Waals surface area (Å²) in [5.74, 6) is 1.76. The minimum atomic E-state index is -0.0727. The number of furan rings is 1. The maximum Gasteiger partial charge on any atom is 0.255 e. The van der Waals surface area contributed by atoms with Gasteiger partial charge >= 0.3 is 0 Å². The average molecular weight is 347 g/mol. The molecule has 4 rings (SSSR count). The van der Waals surface area contributed by atoms with Crippen molar-refractivity contribution in [2.75, 3.05) is 0 Å². The first-order chi connectivity index (χ1) is 12.5. The summed E-state index contributed by atoms with van der Waals surface area (Å²) < 4.78 is 5.97. The van der Waals surface area contributed by atoms with E-state index >= 15 is 0 Å². The summed E-state index contributed by atoms with van der Waals surface area (Å²) in [6, 6.07) is 9.84. The summed E-state index contributed by atoms with van der Waals surface area (Å²) in [5.41, 5.74) is 4.37. The van der Waals surface area contributed by atoms with Crippen molar-refractivity contribution in [1.82, 2.24) is 15.3 Å². The molecule has 0 fully saturated rings. The standard InChI is InChI=1S/C21H21N3O2/c1-12(2)17-5-4-15(11-23-17)18-9-14(6-7-22-18)19-10-16-20(26-19)8-13(3)24-21(16)25/h4-7,9-13H,8H2,1-3H3,(H,24,25). The predicted molar refractivity (Wildman–Crippen MR) is 99.9 cm³/mol. The molecule has 0 saturated carbocycles. The lowest BCUT2D eigenvalue weighted by atomic mass is 10.0. The zero-order chi connectivity index (χ0) is 18.3. The largest absolute Gasteiger partial charge is 0.460 e. The molecule has 3 aromatic rings. The van der Waals surface area contributed by atoms with Crippen molar-refractivity contribution < 1.29 is 9.21 Å². The highest BCUT2D eigenvalue weighted by molar-refractivity contribution is 5.97. The fourth-order valence-electron chi connectivity index (χ4n) is 3.19. The molecule has 1 aliphatic rings. The molecule has 1 N–H and O–H groups in total. The molecule has 1 atom stereocenters. The van der Waals surface area contributed by atoms with Gasteiger partial charge in [0.15, 0.2) is 0 Å². The molecular weight excluding hydrogens is 326 g/mol. The van der Waals surface area contributed by atoms with Gasteiger partial charge in [-0.1, -0.05) is 13.8 Å². The molecule has 5 heteroatoms. The Morgan fingerprint density at radius 1 is 1.15 bits per heavy atom. The number of nitrogens with zero attached hydrogens (tertiary/aromatic N) is 2. The van der Waals surface area contributed by atoms with E-state index in [4.69, 9.17) is 4.42 Å². The Balaban J connectivity index is 1.68. The van der Waals surface area contributed by atoms with Crippen LogP contribution in [0.4, 0.5) is 0 Å². The topological polar surface area (TPSA) is 68.0 Å². The van der Waals surface area contributed by atoms with E-state index in [1.54, 1.807) is 6.20 Å². The van der Waals surface area contributed by atoms with E-state index in [1.165, 1.54) is 0 Å². The first-order valence-electron chi connectivity index (χ1n) is 8.87. The quantitative estimate of drug-likeness (QED) is 0.771. The number of hydrogen-bond donors (Lipinski definition) is 1. The van der Waals surface area contributed by atoms with Crippen LogP contribution in [0.15, 0.2) is 47.1 Å². The molecule has 0 bridgehead atoms. The predicted octanol–water partition coefficient (Wildman–Crippen LogP) is 4.20. The van der Waals surface area contributed by atoms with Crippen molar-refractivity contribution in [1.29, 1.82) is 0 Å². The van der Waals surface area contributed by atoms with Crippen LogP contribution in [-0.2, 0) is 6.42 Å². The molecule has 0 saturated heterocycles. The Morgan fingerprint density at radius 3 is 2.73 bits per heavy atom. The first-order valence-corrected chi connectivity index (χ1v) is 8.87. The highest BCUT2D eigenvalue weighted by Crippen LogP contribution is 2.30. The average Bonchev–Trinajstić information content (AvgIpc) is 3.06. The number of hydrogen-bond acceptors (Lipinski definition) is 4. The molecule has 132 valence electrons. The zero-order valence-electron chi connectivity index (χ0n) is 15.1. The minimum absolute atomic E-state index is 0.0727. The Labute approximate surface area is 152 Å².